The van der Waals surface area contributed by atoms with E-state index in [1.165, 1.54) is 24.3 Å². The first-order valence-electron chi connectivity index (χ1n) is 6.73. The van der Waals surface area contributed by atoms with E-state index in [9.17, 15) is 24.8 Å². The number of nitro groups is 1. The first kappa shape index (κ1) is 15.0. The number of nitro benzene ring substituents is 1. The number of carboxylic acid groups (broad SMARTS) is 1. The number of benzene rings is 1. The van der Waals surface area contributed by atoms with Crippen LogP contribution in [0, 0.1) is 16.0 Å². The molecule has 0 aliphatic heterocycles. The lowest BCUT2D eigenvalue weighted by Gasteiger charge is -2.29. The Morgan fingerprint density at radius 2 is 1.67 bits per heavy atom. The fraction of sp³-hybridized carbons (Fsp3) is 0.429. The van der Waals surface area contributed by atoms with Gasteiger partial charge in [0.05, 0.1) is 4.92 Å². The third-order valence-electron chi connectivity index (χ3n) is 3.74. The smallest absolute Gasteiger partial charge is 0.269 e. The molecule has 1 amide bonds. The largest absolute Gasteiger partial charge is 0.550 e. The number of hydrogen-bond donors (Lipinski definition) is 1. The van der Waals surface area contributed by atoms with Gasteiger partial charge >= 0.3 is 0 Å². The Kier molecular flexibility index (Phi) is 4.52. The van der Waals surface area contributed by atoms with Crippen molar-refractivity contribution in [3.63, 3.8) is 0 Å². The SMILES string of the molecule is O=C(NC1CCC(C(=O)[O-])CC1)c1ccc([N+](=O)[O-])cc1. The molecule has 1 aliphatic rings. The third-order valence-corrected chi connectivity index (χ3v) is 3.74. The van der Waals surface area contributed by atoms with Gasteiger partial charge < -0.3 is 15.2 Å². The second-order valence-corrected chi connectivity index (χ2v) is 5.15. The van der Waals surface area contributed by atoms with Crippen LogP contribution in [0.4, 0.5) is 5.69 Å². The van der Waals surface area contributed by atoms with Crippen molar-refractivity contribution in [3.05, 3.63) is 39.9 Å². The molecule has 0 bridgehead atoms. The van der Waals surface area contributed by atoms with Crippen molar-refractivity contribution in [2.45, 2.75) is 31.7 Å². The quantitative estimate of drug-likeness (QED) is 0.646. The molecule has 0 saturated heterocycles. The zero-order chi connectivity index (χ0) is 15.4. The van der Waals surface area contributed by atoms with Gasteiger partial charge in [0.2, 0.25) is 0 Å². The van der Waals surface area contributed by atoms with Crippen molar-refractivity contribution >= 4 is 17.6 Å². The Balaban J connectivity index is 1.90. The maximum absolute atomic E-state index is 12.0. The van der Waals surface area contributed by atoms with Crippen LogP contribution < -0.4 is 10.4 Å². The van der Waals surface area contributed by atoms with E-state index < -0.39 is 16.8 Å². The maximum Gasteiger partial charge on any atom is 0.269 e. The number of aliphatic carboxylic acids is 1. The predicted molar refractivity (Wildman–Crippen MR) is 71.3 cm³/mol. The summed E-state index contributed by atoms with van der Waals surface area (Å²) in [5, 5.41) is 24.1. The van der Waals surface area contributed by atoms with E-state index in [4.69, 9.17) is 0 Å². The molecule has 21 heavy (non-hydrogen) atoms. The highest BCUT2D eigenvalue weighted by molar-refractivity contribution is 5.94. The second kappa shape index (κ2) is 6.34. The van der Waals surface area contributed by atoms with Crippen molar-refractivity contribution in [2.24, 2.45) is 5.92 Å². The summed E-state index contributed by atoms with van der Waals surface area (Å²) in [7, 11) is 0. The van der Waals surface area contributed by atoms with Crippen LogP contribution in [0.3, 0.4) is 0 Å². The molecule has 1 aliphatic carbocycles. The highest BCUT2D eigenvalue weighted by Crippen LogP contribution is 2.24. The number of amides is 1. The lowest BCUT2D eigenvalue weighted by atomic mass is 9.86. The van der Waals surface area contributed by atoms with E-state index in [0.29, 0.717) is 31.2 Å². The molecule has 1 saturated carbocycles. The summed E-state index contributed by atoms with van der Waals surface area (Å²) in [6.07, 6.45) is 2.18. The molecule has 0 unspecified atom stereocenters. The van der Waals surface area contributed by atoms with Crippen LogP contribution in [0.5, 0.6) is 0 Å². The van der Waals surface area contributed by atoms with Crippen LogP contribution in [-0.4, -0.2) is 22.8 Å². The molecule has 1 aromatic rings. The highest BCUT2D eigenvalue weighted by Gasteiger charge is 2.23. The number of carbonyl (C=O) groups is 2. The molecule has 0 radical (unpaired) electrons. The van der Waals surface area contributed by atoms with Gasteiger partial charge in [-0.1, -0.05) is 0 Å². The lowest BCUT2D eigenvalue weighted by molar-refractivity contribution is -0.384. The first-order valence-corrected chi connectivity index (χ1v) is 6.73. The van der Waals surface area contributed by atoms with Gasteiger partial charge in [0, 0.05) is 29.7 Å². The summed E-state index contributed by atoms with van der Waals surface area (Å²) in [5.41, 5.74) is 0.281. The van der Waals surface area contributed by atoms with Crippen molar-refractivity contribution in [2.75, 3.05) is 0 Å². The topological polar surface area (TPSA) is 112 Å². The number of nitrogens with zero attached hydrogens (tertiary/aromatic N) is 1. The van der Waals surface area contributed by atoms with Crippen molar-refractivity contribution in [3.8, 4) is 0 Å². The highest BCUT2D eigenvalue weighted by atomic mass is 16.6. The molecular weight excluding hydrogens is 276 g/mol. The molecule has 2 rings (SSSR count). The van der Waals surface area contributed by atoms with Crippen LogP contribution in [-0.2, 0) is 4.79 Å². The average molecular weight is 291 g/mol. The van der Waals surface area contributed by atoms with Crippen molar-refractivity contribution in [1.29, 1.82) is 0 Å². The van der Waals surface area contributed by atoms with Crippen LogP contribution in [0.25, 0.3) is 0 Å². The molecule has 1 aromatic carbocycles. The minimum absolute atomic E-state index is 0.0664. The Morgan fingerprint density at radius 3 is 2.14 bits per heavy atom. The fourth-order valence-corrected chi connectivity index (χ4v) is 2.48. The Bertz CT molecular complexity index is 547. The number of rotatable bonds is 4. The lowest BCUT2D eigenvalue weighted by Crippen LogP contribution is -2.41. The summed E-state index contributed by atoms with van der Waals surface area (Å²) < 4.78 is 0. The minimum atomic E-state index is -1.03. The summed E-state index contributed by atoms with van der Waals surface area (Å²) in [6, 6.07) is 5.30. The second-order valence-electron chi connectivity index (χ2n) is 5.15. The summed E-state index contributed by atoms with van der Waals surface area (Å²) >= 11 is 0. The maximum atomic E-state index is 12.0. The van der Waals surface area contributed by atoms with Gasteiger partial charge in [0.25, 0.3) is 11.6 Å². The molecule has 112 valence electrons. The predicted octanol–water partition coefficient (Wildman–Crippen LogP) is 0.633. The summed E-state index contributed by atoms with van der Waals surface area (Å²) in [4.78, 5) is 32.7. The molecular formula is C14H15N2O5-. The van der Waals surface area contributed by atoms with Gasteiger partial charge in [-0.15, -0.1) is 0 Å². The van der Waals surface area contributed by atoms with Crippen LogP contribution in [0.1, 0.15) is 36.0 Å². The van der Waals surface area contributed by atoms with E-state index in [2.05, 4.69) is 5.32 Å². The van der Waals surface area contributed by atoms with Gasteiger partial charge in [-0.3, -0.25) is 14.9 Å². The van der Waals surface area contributed by atoms with Crippen molar-refractivity contribution in [1.82, 2.24) is 5.32 Å². The number of nitrogens with one attached hydrogen (secondary N) is 1. The molecule has 0 aromatic heterocycles. The molecule has 1 N–H and O–H groups in total. The van der Waals surface area contributed by atoms with E-state index in [1.54, 1.807) is 0 Å². The van der Waals surface area contributed by atoms with E-state index >= 15 is 0 Å². The number of carbonyl (C=O) groups excluding carboxylic acids is 2. The minimum Gasteiger partial charge on any atom is -0.550 e. The zero-order valence-corrected chi connectivity index (χ0v) is 11.3. The molecule has 0 atom stereocenters. The van der Waals surface area contributed by atoms with E-state index in [0.717, 1.165) is 0 Å². The van der Waals surface area contributed by atoms with Crippen molar-refractivity contribution < 1.29 is 19.6 Å². The normalized spacial score (nSPS) is 21.5. The van der Waals surface area contributed by atoms with Gasteiger partial charge in [0.15, 0.2) is 0 Å². The standard InChI is InChI=1S/C14H16N2O5/c17-13(9-3-7-12(8-4-9)16(20)21)15-11-5-1-10(2-6-11)14(18)19/h3-4,7-8,10-11H,1-2,5-6H2,(H,15,17)(H,18,19)/p-1. The molecule has 1 fully saturated rings. The molecule has 7 heteroatoms. The van der Waals surface area contributed by atoms with Crippen LogP contribution >= 0.6 is 0 Å². The van der Waals surface area contributed by atoms with Gasteiger partial charge in [-0.2, -0.15) is 0 Å². The van der Waals surface area contributed by atoms with E-state index in [-0.39, 0.29) is 17.6 Å². The summed E-state index contributed by atoms with van der Waals surface area (Å²) in [6.45, 7) is 0. The fourth-order valence-electron chi connectivity index (χ4n) is 2.48. The van der Waals surface area contributed by atoms with Gasteiger partial charge in [-0.25, -0.2) is 0 Å². The van der Waals surface area contributed by atoms with Gasteiger partial charge in [0.1, 0.15) is 0 Å². The van der Waals surface area contributed by atoms with E-state index in [1.807, 2.05) is 0 Å². The first-order chi connectivity index (χ1) is 9.97. The molecule has 0 spiro atoms. The van der Waals surface area contributed by atoms with Crippen LogP contribution in [0.2, 0.25) is 0 Å². The monoisotopic (exact) mass is 291 g/mol. The number of non-ortho nitro benzene ring substituents is 1. The average Bonchev–Trinajstić information content (AvgIpc) is 2.47. The Labute approximate surface area is 121 Å². The number of hydrogen-bond acceptors (Lipinski definition) is 5. The Morgan fingerprint density at radius 1 is 1.10 bits per heavy atom. The zero-order valence-electron chi connectivity index (χ0n) is 11.3. The summed E-state index contributed by atoms with van der Waals surface area (Å²) in [5.74, 6) is -1.77. The van der Waals surface area contributed by atoms with Gasteiger partial charge in [-0.05, 0) is 43.7 Å². The molecule has 7 nitrogen and oxygen atoms in total. The third kappa shape index (κ3) is 3.77. The molecule has 0 heterocycles. The Hall–Kier alpha value is -2.44. The van der Waals surface area contributed by atoms with Crippen LogP contribution in [0.15, 0.2) is 24.3 Å². The number of carboxylic acids is 1.